The lowest BCUT2D eigenvalue weighted by atomic mass is 10.1. The number of anilines is 1. The highest BCUT2D eigenvalue weighted by atomic mass is 35.5. The number of rotatable bonds is 5. The van der Waals surface area contributed by atoms with Gasteiger partial charge in [0.25, 0.3) is 5.91 Å². The molecule has 1 saturated heterocycles. The molecule has 6 rings (SSSR count). The number of alkyl halides is 6. The average Bonchev–Trinajstić information content (AvgIpc) is 3.77. The molecule has 2 aliphatic rings. The van der Waals surface area contributed by atoms with Gasteiger partial charge in [-0.05, 0) is 74.0 Å². The third-order valence-electron chi connectivity index (χ3n) is 7.29. The van der Waals surface area contributed by atoms with Crippen molar-refractivity contribution in [2.45, 2.75) is 38.3 Å². The van der Waals surface area contributed by atoms with Crippen LogP contribution in [0.4, 0.5) is 32.0 Å². The van der Waals surface area contributed by atoms with Gasteiger partial charge >= 0.3 is 12.4 Å². The Labute approximate surface area is 259 Å². The van der Waals surface area contributed by atoms with Gasteiger partial charge in [-0.2, -0.15) is 26.3 Å². The van der Waals surface area contributed by atoms with E-state index in [1.54, 1.807) is 0 Å². The molecule has 7 nitrogen and oxygen atoms in total. The van der Waals surface area contributed by atoms with Crippen LogP contribution in [0.3, 0.4) is 0 Å². The largest absolute Gasteiger partial charge is 0.446 e. The number of fused-ring (bicyclic) bond motifs is 2. The van der Waals surface area contributed by atoms with Crippen molar-refractivity contribution >= 4 is 46.7 Å². The number of hydrogen-bond acceptors (Lipinski definition) is 4. The van der Waals surface area contributed by atoms with E-state index in [1.807, 2.05) is 35.2 Å². The topological polar surface area (TPSA) is 67.6 Å². The number of amides is 1. The molecule has 45 heavy (non-hydrogen) atoms. The first-order chi connectivity index (χ1) is 21.3. The summed E-state index contributed by atoms with van der Waals surface area (Å²) in [6.07, 6.45) is -4.52. The van der Waals surface area contributed by atoms with Crippen molar-refractivity contribution in [2.24, 2.45) is 0 Å². The predicted octanol–water partition coefficient (Wildman–Crippen LogP) is 7.01. The Kier molecular flexibility index (Phi) is 10.8. The van der Waals surface area contributed by atoms with E-state index in [1.165, 1.54) is 36.8 Å². The predicted molar refractivity (Wildman–Crippen MR) is 158 cm³/mol. The number of nitrogens with zero attached hydrogens (tertiary/aromatic N) is 4. The normalized spacial score (nSPS) is 15.2. The van der Waals surface area contributed by atoms with Crippen molar-refractivity contribution in [2.75, 3.05) is 31.1 Å². The Bertz CT molecular complexity index is 1600. The van der Waals surface area contributed by atoms with Crippen molar-refractivity contribution in [3.8, 4) is 11.1 Å². The van der Waals surface area contributed by atoms with Gasteiger partial charge in [0.15, 0.2) is 0 Å². The summed E-state index contributed by atoms with van der Waals surface area (Å²) in [6, 6.07) is 18.3. The number of carbonyl (C=O) groups is 3. The molecule has 0 atom stereocenters. The van der Waals surface area contributed by atoms with Gasteiger partial charge in [0.1, 0.15) is 5.69 Å². The third kappa shape index (κ3) is 9.21. The number of aromatic nitrogens is 2. The summed E-state index contributed by atoms with van der Waals surface area (Å²) in [5, 5.41) is 1.90. The molecule has 0 radical (unpaired) electrons. The quantitative estimate of drug-likeness (QED) is 0.172. The summed E-state index contributed by atoms with van der Waals surface area (Å²) in [7, 11) is 0. The molecule has 1 amide bonds. The Morgan fingerprint density at radius 3 is 1.98 bits per heavy atom. The summed E-state index contributed by atoms with van der Waals surface area (Å²) >= 11 is 6.03. The van der Waals surface area contributed by atoms with Crippen LogP contribution < -0.4 is 4.90 Å². The first-order valence-electron chi connectivity index (χ1n) is 13.9. The second-order valence-corrected chi connectivity index (χ2v) is 10.8. The lowest BCUT2D eigenvalue weighted by molar-refractivity contribution is -0.156. The Morgan fingerprint density at radius 1 is 0.756 bits per heavy atom. The van der Waals surface area contributed by atoms with Crippen LogP contribution in [0.1, 0.15) is 23.3 Å². The minimum absolute atomic E-state index is 0.0503. The van der Waals surface area contributed by atoms with Crippen LogP contribution in [0.25, 0.3) is 22.0 Å². The molecule has 240 valence electrons. The molecular weight excluding hydrogens is 626 g/mol. The molecule has 14 heteroatoms. The van der Waals surface area contributed by atoms with Crippen LogP contribution in [-0.4, -0.2) is 71.0 Å². The van der Waals surface area contributed by atoms with Gasteiger partial charge in [0, 0.05) is 65.7 Å². The lowest BCUT2D eigenvalue weighted by Gasteiger charge is -2.28. The highest BCUT2D eigenvalue weighted by molar-refractivity contribution is 6.30. The minimum Gasteiger partial charge on any atom is -0.346 e. The number of benzene rings is 2. The summed E-state index contributed by atoms with van der Waals surface area (Å²) in [4.78, 5) is 35.2. The lowest BCUT2D eigenvalue weighted by Crippen LogP contribution is -2.39. The molecule has 0 N–H and O–H groups in total. The van der Waals surface area contributed by atoms with E-state index in [9.17, 15) is 31.1 Å². The van der Waals surface area contributed by atoms with Gasteiger partial charge in [-0.1, -0.05) is 23.7 Å². The van der Waals surface area contributed by atoms with Crippen LogP contribution in [0.2, 0.25) is 5.02 Å². The SMILES string of the molecule is O=C1c2cc(-c3ccc(Cl)cc3)cn2CCN1c1ccc2c(ccn2CCN2CCCC2)c1.O=CC(F)(F)F.O=CC(F)(F)F. The molecule has 0 spiro atoms. The first kappa shape index (κ1) is 33.8. The van der Waals surface area contributed by atoms with Crippen molar-refractivity contribution < 1.29 is 40.7 Å². The molecule has 0 aliphatic carbocycles. The first-order valence-corrected chi connectivity index (χ1v) is 14.3. The number of aldehydes is 2. The molecule has 0 unspecified atom stereocenters. The second-order valence-electron chi connectivity index (χ2n) is 10.4. The Balaban J connectivity index is 0.000000329. The number of likely N-dealkylation sites (tertiary alicyclic amines) is 1. The summed E-state index contributed by atoms with van der Waals surface area (Å²) in [5.74, 6) is 0.0503. The molecule has 0 saturated carbocycles. The molecule has 4 heterocycles. The van der Waals surface area contributed by atoms with Crippen LogP contribution in [-0.2, 0) is 22.7 Å². The Morgan fingerprint density at radius 2 is 1.38 bits per heavy atom. The van der Waals surface area contributed by atoms with E-state index in [2.05, 4.69) is 50.7 Å². The monoisotopic (exact) mass is 654 g/mol. The minimum atomic E-state index is -4.64. The highest BCUT2D eigenvalue weighted by Crippen LogP contribution is 2.30. The van der Waals surface area contributed by atoms with Crippen LogP contribution >= 0.6 is 11.6 Å². The van der Waals surface area contributed by atoms with Gasteiger partial charge in [-0.25, -0.2) is 0 Å². The third-order valence-corrected chi connectivity index (χ3v) is 7.54. The van der Waals surface area contributed by atoms with E-state index < -0.39 is 24.9 Å². The molecule has 2 aromatic carbocycles. The van der Waals surface area contributed by atoms with E-state index in [4.69, 9.17) is 21.2 Å². The maximum Gasteiger partial charge on any atom is 0.446 e. The van der Waals surface area contributed by atoms with Gasteiger partial charge < -0.3 is 18.9 Å². The fourth-order valence-corrected chi connectivity index (χ4v) is 5.30. The zero-order valence-corrected chi connectivity index (χ0v) is 24.6. The Hall–Kier alpha value is -4.10. The summed E-state index contributed by atoms with van der Waals surface area (Å²) in [5.41, 5.74) is 5.04. The summed E-state index contributed by atoms with van der Waals surface area (Å²) in [6.45, 7) is 6.00. The van der Waals surface area contributed by atoms with Crippen LogP contribution in [0, 0.1) is 0 Å². The van der Waals surface area contributed by atoms with Crippen molar-refractivity contribution in [1.82, 2.24) is 14.0 Å². The maximum absolute atomic E-state index is 13.4. The van der Waals surface area contributed by atoms with Crippen molar-refractivity contribution in [1.29, 1.82) is 0 Å². The molecule has 2 aliphatic heterocycles. The van der Waals surface area contributed by atoms with E-state index in [-0.39, 0.29) is 5.91 Å². The molecule has 2 aromatic heterocycles. The smallest absolute Gasteiger partial charge is 0.346 e. The average molecular weight is 655 g/mol. The van der Waals surface area contributed by atoms with Crippen molar-refractivity contribution in [3.05, 3.63) is 77.7 Å². The van der Waals surface area contributed by atoms with E-state index in [0.29, 0.717) is 11.6 Å². The van der Waals surface area contributed by atoms with Gasteiger partial charge in [-0.15, -0.1) is 0 Å². The van der Waals surface area contributed by atoms with Gasteiger partial charge in [-0.3, -0.25) is 14.4 Å². The molecule has 4 aromatic rings. The summed E-state index contributed by atoms with van der Waals surface area (Å²) < 4.78 is 66.9. The zero-order chi connectivity index (χ0) is 32.8. The van der Waals surface area contributed by atoms with Crippen LogP contribution in [0.5, 0.6) is 0 Å². The number of hydrogen-bond donors (Lipinski definition) is 0. The molecular formula is C31H29ClF6N4O3. The maximum atomic E-state index is 13.4. The number of carbonyl (C=O) groups excluding carboxylic acids is 3. The van der Waals surface area contributed by atoms with Gasteiger partial charge in [0.05, 0.1) is 0 Å². The fraction of sp³-hybridized carbons (Fsp3) is 0.323. The zero-order valence-electron chi connectivity index (χ0n) is 23.8. The molecule has 0 bridgehead atoms. The highest BCUT2D eigenvalue weighted by Gasteiger charge is 2.27. The standard InChI is InChI=1S/C27H27ClN4O.2C2HF3O/c28-23-5-3-20(4-6-23)22-18-26-27(33)32(16-15-31(26)19-22)24-7-8-25-21(17-24)9-12-30(25)14-13-29-10-1-2-11-29;2*3-2(4,5)1-6/h3-9,12,17-19H,1-2,10-11,13-16H2;2*1H. The van der Waals surface area contributed by atoms with E-state index >= 15 is 0 Å². The fourth-order valence-electron chi connectivity index (χ4n) is 5.17. The van der Waals surface area contributed by atoms with Gasteiger partial charge in [0.2, 0.25) is 12.6 Å². The van der Waals surface area contributed by atoms with Crippen LogP contribution in [0.15, 0.2) is 67.0 Å². The molecule has 1 fully saturated rings. The van der Waals surface area contributed by atoms with E-state index in [0.717, 1.165) is 42.1 Å². The second kappa shape index (κ2) is 14.3. The van der Waals surface area contributed by atoms with Crippen molar-refractivity contribution in [3.63, 3.8) is 0 Å². The number of halogens is 7.